The largest absolute Gasteiger partial charge is 0.452 e. The van der Waals surface area contributed by atoms with Gasteiger partial charge in [-0.2, -0.15) is 0 Å². The topological polar surface area (TPSA) is 75.6 Å². The minimum Gasteiger partial charge on any atom is -0.452 e. The van der Waals surface area contributed by atoms with Gasteiger partial charge in [-0.05, 0) is 62.8 Å². The molecule has 2 N–H and O–H groups in total. The first-order valence-corrected chi connectivity index (χ1v) is 9.63. The van der Waals surface area contributed by atoms with Gasteiger partial charge in [-0.1, -0.05) is 30.3 Å². The summed E-state index contributed by atoms with van der Waals surface area (Å²) in [4.78, 5) is 25.2. The third-order valence-electron chi connectivity index (χ3n) is 6.43. The van der Waals surface area contributed by atoms with Crippen molar-refractivity contribution in [2.45, 2.75) is 63.7 Å². The van der Waals surface area contributed by atoms with Gasteiger partial charge in [0.2, 0.25) is 0 Å². The second-order valence-electron chi connectivity index (χ2n) is 8.72. The number of hydrogen-bond acceptors (Lipinski definition) is 4. The molecule has 4 aliphatic carbocycles. The van der Waals surface area contributed by atoms with Gasteiger partial charge >= 0.3 is 5.97 Å². The maximum Gasteiger partial charge on any atom is 0.312 e. The molecule has 4 saturated carbocycles. The first kappa shape index (κ1) is 17.5. The molecule has 140 valence electrons. The van der Waals surface area contributed by atoms with Crippen LogP contribution in [-0.4, -0.2) is 28.7 Å². The molecule has 1 aromatic carbocycles. The minimum absolute atomic E-state index is 0.286. The van der Waals surface area contributed by atoms with E-state index in [9.17, 15) is 14.7 Å². The molecule has 5 nitrogen and oxygen atoms in total. The zero-order valence-electron chi connectivity index (χ0n) is 15.2. The molecular formula is C21H27NO4. The number of rotatable bonds is 5. The Hall–Kier alpha value is -1.88. The van der Waals surface area contributed by atoms with E-state index in [1.165, 1.54) is 0 Å². The van der Waals surface area contributed by atoms with E-state index in [2.05, 4.69) is 5.32 Å². The fourth-order valence-corrected chi connectivity index (χ4v) is 5.72. The molecule has 0 spiro atoms. The summed E-state index contributed by atoms with van der Waals surface area (Å²) in [5.41, 5.74) is -0.294. The molecule has 3 atom stereocenters. The highest BCUT2D eigenvalue weighted by Crippen LogP contribution is 2.62. The number of benzene rings is 1. The zero-order chi connectivity index (χ0) is 18.4. The average molecular weight is 357 g/mol. The predicted octanol–water partition coefficient (Wildman–Crippen LogP) is 2.57. The molecule has 4 bridgehead atoms. The van der Waals surface area contributed by atoms with Crippen LogP contribution in [0.25, 0.3) is 0 Å². The molecule has 0 heterocycles. The first-order valence-electron chi connectivity index (χ1n) is 9.63. The molecule has 0 radical (unpaired) electrons. The number of amides is 1. The molecule has 3 unspecified atom stereocenters. The average Bonchev–Trinajstić information content (AvgIpc) is 2.58. The van der Waals surface area contributed by atoms with Crippen LogP contribution in [-0.2, 0) is 20.9 Å². The van der Waals surface area contributed by atoms with Crippen LogP contribution in [0.2, 0.25) is 0 Å². The van der Waals surface area contributed by atoms with Crippen LogP contribution in [0.3, 0.4) is 0 Å². The van der Waals surface area contributed by atoms with Crippen molar-refractivity contribution in [2.24, 2.45) is 17.3 Å². The number of ether oxygens (including phenoxy) is 1. The zero-order valence-corrected chi connectivity index (χ0v) is 15.2. The van der Waals surface area contributed by atoms with E-state index >= 15 is 0 Å². The van der Waals surface area contributed by atoms with Gasteiger partial charge < -0.3 is 15.2 Å². The van der Waals surface area contributed by atoms with Crippen molar-refractivity contribution in [3.8, 4) is 0 Å². The lowest BCUT2D eigenvalue weighted by Gasteiger charge is -2.58. The third-order valence-corrected chi connectivity index (χ3v) is 6.43. The summed E-state index contributed by atoms with van der Waals surface area (Å²) in [5, 5.41) is 13.6. The summed E-state index contributed by atoms with van der Waals surface area (Å²) in [7, 11) is 0. The molecule has 1 amide bonds. The number of carbonyl (C=O) groups is 2. The summed E-state index contributed by atoms with van der Waals surface area (Å²) < 4.78 is 5.57. The van der Waals surface area contributed by atoms with Gasteiger partial charge in [0.1, 0.15) is 0 Å². The van der Waals surface area contributed by atoms with Crippen LogP contribution in [0.15, 0.2) is 30.3 Å². The fourth-order valence-electron chi connectivity index (χ4n) is 5.72. The van der Waals surface area contributed by atoms with Crippen LogP contribution in [0, 0.1) is 17.3 Å². The molecule has 1 aromatic rings. The van der Waals surface area contributed by atoms with Gasteiger partial charge in [-0.25, -0.2) is 0 Å². The Morgan fingerprint density at radius 2 is 1.85 bits per heavy atom. The van der Waals surface area contributed by atoms with E-state index in [0.717, 1.165) is 37.7 Å². The minimum atomic E-state index is -0.825. The Labute approximate surface area is 154 Å². The van der Waals surface area contributed by atoms with Gasteiger partial charge in [-0.3, -0.25) is 9.59 Å². The van der Waals surface area contributed by atoms with Crippen LogP contribution >= 0.6 is 0 Å². The third kappa shape index (κ3) is 3.25. The first-order chi connectivity index (χ1) is 12.4. The van der Waals surface area contributed by atoms with Gasteiger partial charge in [0.05, 0.1) is 11.0 Å². The summed E-state index contributed by atoms with van der Waals surface area (Å²) in [6.07, 6.45) is 3.99. The van der Waals surface area contributed by atoms with Crippen LogP contribution in [0.1, 0.15) is 51.0 Å². The summed E-state index contributed by atoms with van der Waals surface area (Å²) in [5.74, 6) is 0.241. The Bertz CT molecular complexity index is 687. The highest BCUT2D eigenvalue weighted by molar-refractivity contribution is 5.85. The number of esters is 1. The number of nitrogens with one attached hydrogen (secondary N) is 1. The molecule has 0 aliphatic heterocycles. The lowest BCUT2D eigenvalue weighted by atomic mass is 9.48. The Morgan fingerprint density at radius 1 is 1.19 bits per heavy atom. The quantitative estimate of drug-likeness (QED) is 0.794. The molecule has 0 aromatic heterocycles. The predicted molar refractivity (Wildman–Crippen MR) is 95.9 cm³/mol. The van der Waals surface area contributed by atoms with Crippen LogP contribution in [0.4, 0.5) is 0 Å². The Kier molecular flexibility index (Phi) is 4.30. The monoisotopic (exact) mass is 357 g/mol. The van der Waals surface area contributed by atoms with Gasteiger partial charge in [0, 0.05) is 6.54 Å². The second kappa shape index (κ2) is 6.38. The molecule has 26 heavy (non-hydrogen) atoms. The Balaban J connectivity index is 1.36. The lowest BCUT2D eigenvalue weighted by Crippen LogP contribution is -2.59. The van der Waals surface area contributed by atoms with E-state index in [0.29, 0.717) is 24.8 Å². The van der Waals surface area contributed by atoms with Gasteiger partial charge in [-0.15, -0.1) is 0 Å². The maximum absolute atomic E-state index is 12.9. The normalized spacial score (nSPS) is 35.8. The molecule has 0 saturated heterocycles. The van der Waals surface area contributed by atoms with E-state index in [1.54, 1.807) is 6.92 Å². The molecule has 5 rings (SSSR count). The molecule has 4 fully saturated rings. The van der Waals surface area contributed by atoms with E-state index in [-0.39, 0.29) is 11.9 Å². The van der Waals surface area contributed by atoms with E-state index < -0.39 is 17.1 Å². The molecule has 4 aliphatic rings. The van der Waals surface area contributed by atoms with Crippen molar-refractivity contribution >= 4 is 11.9 Å². The SMILES string of the molecule is CC(OC(=O)C12CC3CC(CC(O)(C3)C1)C2)C(=O)NCc1ccccc1. The maximum atomic E-state index is 12.9. The highest BCUT2D eigenvalue weighted by Gasteiger charge is 2.61. The van der Waals surface area contributed by atoms with Crippen molar-refractivity contribution in [2.75, 3.05) is 0 Å². The van der Waals surface area contributed by atoms with Crippen molar-refractivity contribution in [1.82, 2.24) is 5.32 Å². The van der Waals surface area contributed by atoms with Crippen molar-refractivity contribution in [3.63, 3.8) is 0 Å². The molecular weight excluding hydrogens is 330 g/mol. The fraction of sp³-hybridized carbons (Fsp3) is 0.619. The number of aliphatic hydroxyl groups is 1. The number of carbonyl (C=O) groups excluding carboxylic acids is 2. The standard InChI is InChI=1S/C21H27NO4/c1-14(18(23)22-12-15-5-3-2-4-6-15)26-19(24)20-8-16-7-17(9-20)11-21(25,10-16)13-20/h2-6,14,16-17,25H,7-13H2,1H3,(H,22,23). The van der Waals surface area contributed by atoms with Gasteiger partial charge in [0.25, 0.3) is 5.91 Å². The van der Waals surface area contributed by atoms with Crippen LogP contribution < -0.4 is 5.32 Å². The summed E-state index contributed by atoms with van der Waals surface area (Å²) >= 11 is 0. The van der Waals surface area contributed by atoms with Gasteiger partial charge in [0.15, 0.2) is 6.10 Å². The van der Waals surface area contributed by atoms with E-state index in [1.807, 2.05) is 30.3 Å². The van der Waals surface area contributed by atoms with Crippen LogP contribution in [0.5, 0.6) is 0 Å². The van der Waals surface area contributed by atoms with E-state index in [4.69, 9.17) is 4.74 Å². The molecule has 5 heteroatoms. The summed E-state index contributed by atoms with van der Waals surface area (Å²) in [6.45, 7) is 2.03. The Morgan fingerprint density at radius 3 is 2.46 bits per heavy atom. The highest BCUT2D eigenvalue weighted by atomic mass is 16.5. The van der Waals surface area contributed by atoms with Crippen molar-refractivity contribution in [3.05, 3.63) is 35.9 Å². The van der Waals surface area contributed by atoms with Crippen molar-refractivity contribution < 1.29 is 19.4 Å². The van der Waals surface area contributed by atoms with Crippen molar-refractivity contribution in [1.29, 1.82) is 0 Å². The number of hydrogen-bond donors (Lipinski definition) is 2. The smallest absolute Gasteiger partial charge is 0.312 e. The summed E-state index contributed by atoms with van der Waals surface area (Å²) in [6, 6.07) is 9.64. The lowest BCUT2D eigenvalue weighted by molar-refractivity contribution is -0.200. The second-order valence-corrected chi connectivity index (χ2v) is 8.72.